The Balaban J connectivity index is 1.60. The minimum atomic E-state index is -0.697. The number of carbonyl (C=O) groups is 1. The van der Waals surface area contributed by atoms with Gasteiger partial charge in [0.05, 0.1) is 6.54 Å². The van der Waals surface area contributed by atoms with E-state index in [-0.39, 0.29) is 5.91 Å². The largest absolute Gasteiger partial charge is 0.368 e. The molecule has 2 aromatic rings. The second kappa shape index (κ2) is 7.59. The second-order valence-corrected chi connectivity index (χ2v) is 6.15. The summed E-state index contributed by atoms with van der Waals surface area (Å²) in [6, 6.07) is 10.1. The number of nitrogens with zero attached hydrogens (tertiary/aromatic N) is 2. The zero-order valence-corrected chi connectivity index (χ0v) is 14.0. The summed E-state index contributed by atoms with van der Waals surface area (Å²) in [4.78, 5) is 12.6. The molecule has 1 saturated heterocycles. The molecule has 1 aromatic carbocycles. The average molecular weight is 328 g/mol. The van der Waals surface area contributed by atoms with Gasteiger partial charge in [0.1, 0.15) is 5.60 Å². The fourth-order valence-electron chi connectivity index (χ4n) is 3.12. The standard InChI is InChI=1S/C18H24N4O2/c1-24-18(6-9-19-10-7-18)17(23)20-13-15-4-2-5-16(12-15)14-22-11-3-8-21-22/h2-5,8,11-12,19H,6-7,9-10,13-14H2,1H3,(H,20,23). The summed E-state index contributed by atoms with van der Waals surface area (Å²) in [5.41, 5.74) is 1.54. The molecule has 1 aliphatic heterocycles. The first-order valence-corrected chi connectivity index (χ1v) is 8.31. The third-order valence-corrected chi connectivity index (χ3v) is 4.56. The van der Waals surface area contributed by atoms with Crippen molar-refractivity contribution in [1.29, 1.82) is 0 Å². The highest BCUT2D eigenvalue weighted by molar-refractivity contribution is 5.85. The number of piperidine rings is 1. The van der Waals surface area contributed by atoms with Crippen molar-refractivity contribution in [2.24, 2.45) is 0 Å². The Bertz CT molecular complexity index is 663. The number of hydrogen-bond acceptors (Lipinski definition) is 4. The lowest BCUT2D eigenvalue weighted by Crippen LogP contribution is -2.53. The highest BCUT2D eigenvalue weighted by atomic mass is 16.5. The molecular weight excluding hydrogens is 304 g/mol. The van der Waals surface area contributed by atoms with E-state index in [2.05, 4.69) is 27.9 Å². The van der Waals surface area contributed by atoms with Crippen LogP contribution in [-0.2, 0) is 22.6 Å². The van der Waals surface area contributed by atoms with Crippen LogP contribution in [0.25, 0.3) is 0 Å². The van der Waals surface area contributed by atoms with Gasteiger partial charge in [-0.2, -0.15) is 5.10 Å². The van der Waals surface area contributed by atoms with Gasteiger partial charge in [0.15, 0.2) is 0 Å². The Kier molecular flexibility index (Phi) is 5.27. The molecule has 128 valence electrons. The zero-order chi connectivity index (χ0) is 16.8. The molecule has 2 heterocycles. The molecule has 3 rings (SSSR count). The van der Waals surface area contributed by atoms with Gasteiger partial charge in [-0.3, -0.25) is 9.48 Å². The van der Waals surface area contributed by atoms with Gasteiger partial charge in [0.2, 0.25) is 0 Å². The quantitative estimate of drug-likeness (QED) is 0.839. The lowest BCUT2D eigenvalue weighted by Gasteiger charge is -2.34. The molecule has 1 aromatic heterocycles. The number of rotatable bonds is 6. The normalized spacial score (nSPS) is 16.7. The predicted molar refractivity (Wildman–Crippen MR) is 91.5 cm³/mol. The van der Waals surface area contributed by atoms with Gasteiger partial charge in [-0.15, -0.1) is 0 Å². The van der Waals surface area contributed by atoms with E-state index in [1.807, 2.05) is 29.1 Å². The number of amides is 1. The van der Waals surface area contributed by atoms with Gasteiger partial charge in [-0.05, 0) is 43.1 Å². The van der Waals surface area contributed by atoms with E-state index in [1.165, 1.54) is 0 Å². The molecule has 0 aliphatic carbocycles. The van der Waals surface area contributed by atoms with E-state index >= 15 is 0 Å². The molecule has 1 fully saturated rings. The summed E-state index contributed by atoms with van der Waals surface area (Å²) in [6.45, 7) is 2.84. The summed E-state index contributed by atoms with van der Waals surface area (Å²) >= 11 is 0. The number of aromatic nitrogens is 2. The molecule has 24 heavy (non-hydrogen) atoms. The van der Waals surface area contributed by atoms with Crippen LogP contribution in [0.2, 0.25) is 0 Å². The van der Waals surface area contributed by atoms with E-state index in [0.717, 1.165) is 30.8 Å². The maximum Gasteiger partial charge on any atom is 0.252 e. The summed E-state index contributed by atoms with van der Waals surface area (Å²) in [7, 11) is 1.62. The van der Waals surface area contributed by atoms with E-state index in [4.69, 9.17) is 4.74 Å². The van der Waals surface area contributed by atoms with Crippen molar-refractivity contribution in [3.8, 4) is 0 Å². The summed E-state index contributed by atoms with van der Waals surface area (Å²) in [6.07, 6.45) is 5.12. The fraction of sp³-hybridized carbons (Fsp3) is 0.444. The number of nitrogens with one attached hydrogen (secondary N) is 2. The fourth-order valence-corrected chi connectivity index (χ4v) is 3.12. The Labute approximate surface area is 142 Å². The van der Waals surface area contributed by atoms with Crippen LogP contribution in [0.4, 0.5) is 0 Å². The summed E-state index contributed by atoms with van der Waals surface area (Å²) in [5.74, 6) is -0.0241. The first-order chi connectivity index (χ1) is 11.7. The Morgan fingerprint density at radius 3 is 2.83 bits per heavy atom. The Morgan fingerprint density at radius 1 is 1.33 bits per heavy atom. The van der Waals surface area contributed by atoms with Crippen LogP contribution in [0.15, 0.2) is 42.7 Å². The van der Waals surface area contributed by atoms with Crippen molar-refractivity contribution in [2.75, 3.05) is 20.2 Å². The first-order valence-electron chi connectivity index (χ1n) is 8.31. The topological polar surface area (TPSA) is 68.2 Å². The van der Waals surface area contributed by atoms with Crippen LogP contribution in [-0.4, -0.2) is 41.5 Å². The van der Waals surface area contributed by atoms with Crippen LogP contribution < -0.4 is 10.6 Å². The van der Waals surface area contributed by atoms with E-state index in [0.29, 0.717) is 19.4 Å². The maximum atomic E-state index is 12.6. The van der Waals surface area contributed by atoms with Gasteiger partial charge in [0.25, 0.3) is 5.91 Å². The van der Waals surface area contributed by atoms with Crippen LogP contribution in [0.3, 0.4) is 0 Å². The smallest absolute Gasteiger partial charge is 0.252 e. The molecule has 6 heteroatoms. The minimum absolute atomic E-state index is 0.0241. The number of ether oxygens (including phenoxy) is 1. The van der Waals surface area contributed by atoms with Gasteiger partial charge >= 0.3 is 0 Å². The van der Waals surface area contributed by atoms with Crippen molar-refractivity contribution in [2.45, 2.75) is 31.5 Å². The van der Waals surface area contributed by atoms with Crippen LogP contribution >= 0.6 is 0 Å². The van der Waals surface area contributed by atoms with E-state index in [1.54, 1.807) is 13.3 Å². The van der Waals surface area contributed by atoms with Crippen molar-refractivity contribution in [1.82, 2.24) is 20.4 Å². The molecule has 0 radical (unpaired) electrons. The number of benzene rings is 1. The minimum Gasteiger partial charge on any atom is -0.368 e. The SMILES string of the molecule is COC1(C(=O)NCc2cccc(Cn3cccn3)c2)CCNCC1. The summed E-state index contributed by atoms with van der Waals surface area (Å²) in [5, 5.41) is 10.5. The Hall–Kier alpha value is -2.18. The third-order valence-electron chi connectivity index (χ3n) is 4.56. The molecule has 0 spiro atoms. The molecule has 0 bridgehead atoms. The van der Waals surface area contributed by atoms with Crippen molar-refractivity contribution in [3.63, 3.8) is 0 Å². The molecule has 6 nitrogen and oxygen atoms in total. The molecule has 0 atom stereocenters. The predicted octanol–water partition coefficient (Wildman–Crippen LogP) is 1.32. The molecule has 1 aliphatic rings. The molecule has 2 N–H and O–H groups in total. The van der Waals surface area contributed by atoms with Crippen LogP contribution in [0, 0.1) is 0 Å². The Morgan fingerprint density at radius 2 is 2.12 bits per heavy atom. The number of carbonyl (C=O) groups excluding carboxylic acids is 1. The lowest BCUT2D eigenvalue weighted by atomic mass is 9.91. The van der Waals surface area contributed by atoms with Crippen molar-refractivity contribution >= 4 is 5.91 Å². The third kappa shape index (κ3) is 3.83. The van der Waals surface area contributed by atoms with Crippen molar-refractivity contribution in [3.05, 3.63) is 53.9 Å². The van der Waals surface area contributed by atoms with Crippen LogP contribution in [0.1, 0.15) is 24.0 Å². The lowest BCUT2D eigenvalue weighted by molar-refractivity contribution is -0.146. The maximum absolute atomic E-state index is 12.6. The van der Waals surface area contributed by atoms with Gasteiger partial charge in [0, 0.05) is 26.0 Å². The van der Waals surface area contributed by atoms with Crippen molar-refractivity contribution < 1.29 is 9.53 Å². The first kappa shape index (κ1) is 16.7. The van der Waals surface area contributed by atoms with Crippen LogP contribution in [0.5, 0.6) is 0 Å². The average Bonchev–Trinajstić information content (AvgIpc) is 3.13. The van der Waals surface area contributed by atoms with Gasteiger partial charge < -0.3 is 15.4 Å². The highest BCUT2D eigenvalue weighted by Crippen LogP contribution is 2.22. The highest BCUT2D eigenvalue weighted by Gasteiger charge is 2.39. The zero-order valence-electron chi connectivity index (χ0n) is 14.0. The van der Waals surface area contributed by atoms with Gasteiger partial charge in [-0.1, -0.05) is 24.3 Å². The molecule has 0 unspecified atom stereocenters. The second-order valence-electron chi connectivity index (χ2n) is 6.15. The summed E-state index contributed by atoms with van der Waals surface area (Å²) < 4.78 is 7.44. The molecular formula is C18H24N4O2. The number of methoxy groups -OCH3 is 1. The molecule has 1 amide bonds. The van der Waals surface area contributed by atoms with E-state index < -0.39 is 5.60 Å². The monoisotopic (exact) mass is 328 g/mol. The van der Waals surface area contributed by atoms with E-state index in [9.17, 15) is 4.79 Å². The van der Waals surface area contributed by atoms with Gasteiger partial charge in [-0.25, -0.2) is 0 Å². The number of hydrogen-bond donors (Lipinski definition) is 2. The molecule has 0 saturated carbocycles.